The summed E-state index contributed by atoms with van der Waals surface area (Å²) in [6.45, 7) is 4.61. The minimum atomic E-state index is -0.680. The van der Waals surface area contributed by atoms with Crippen molar-refractivity contribution in [1.29, 1.82) is 0 Å². The Kier molecular flexibility index (Phi) is 6.35. The number of carboxylic acids is 1. The van der Waals surface area contributed by atoms with Gasteiger partial charge in [0.1, 0.15) is 0 Å². The zero-order valence-corrected chi connectivity index (χ0v) is 19.8. The Morgan fingerprint density at radius 3 is 2.61 bits per heavy atom. The fraction of sp³-hybridized carbons (Fsp3) is 0.630. The lowest BCUT2D eigenvalue weighted by atomic mass is 9.78. The maximum Gasteiger partial charge on any atom is 0.306 e. The number of hydrogen-bond acceptors (Lipinski definition) is 3. The molecule has 1 saturated carbocycles. The number of aromatic nitrogens is 1. The van der Waals surface area contributed by atoms with Crippen LogP contribution in [0.1, 0.15) is 76.2 Å². The molecule has 6 nitrogen and oxygen atoms in total. The van der Waals surface area contributed by atoms with Crippen LogP contribution in [0.3, 0.4) is 0 Å². The number of anilines is 1. The minimum absolute atomic E-state index is 0.132. The summed E-state index contributed by atoms with van der Waals surface area (Å²) in [5.74, 6) is 0.234. The highest BCUT2D eigenvalue weighted by Gasteiger charge is 2.36. The van der Waals surface area contributed by atoms with Crippen molar-refractivity contribution < 1.29 is 14.7 Å². The quantitative estimate of drug-likeness (QED) is 0.660. The lowest BCUT2D eigenvalue weighted by Gasteiger charge is -2.44. The number of fused-ring (bicyclic) bond motifs is 2. The largest absolute Gasteiger partial charge is 0.481 e. The van der Waals surface area contributed by atoms with E-state index in [2.05, 4.69) is 46.1 Å². The first-order valence-corrected chi connectivity index (χ1v) is 12.9. The Bertz CT molecular complexity index is 1010. The number of benzene rings is 1. The third-order valence-electron chi connectivity index (χ3n) is 8.47. The van der Waals surface area contributed by atoms with E-state index in [-0.39, 0.29) is 11.8 Å². The number of nitrogens with one attached hydrogen (secondary N) is 1. The first-order valence-electron chi connectivity index (χ1n) is 12.9. The van der Waals surface area contributed by atoms with Crippen LogP contribution in [-0.4, -0.2) is 52.5 Å². The van der Waals surface area contributed by atoms with E-state index >= 15 is 0 Å². The molecule has 33 heavy (non-hydrogen) atoms. The van der Waals surface area contributed by atoms with Crippen molar-refractivity contribution in [2.45, 2.75) is 76.7 Å². The van der Waals surface area contributed by atoms with Crippen LogP contribution in [0.2, 0.25) is 0 Å². The van der Waals surface area contributed by atoms with E-state index in [0.717, 1.165) is 37.3 Å². The summed E-state index contributed by atoms with van der Waals surface area (Å²) in [4.78, 5) is 32.8. The number of rotatable bonds is 5. The number of aliphatic carboxylic acids is 1. The number of likely N-dealkylation sites (tertiary alicyclic amines) is 1. The van der Waals surface area contributed by atoms with Gasteiger partial charge in [-0.1, -0.05) is 25.8 Å². The molecule has 1 aromatic heterocycles. The average Bonchev–Trinajstić information content (AvgIpc) is 3.28. The molecule has 0 radical (unpaired) electrons. The predicted octanol–water partition coefficient (Wildman–Crippen LogP) is 5.14. The van der Waals surface area contributed by atoms with E-state index in [4.69, 9.17) is 0 Å². The highest BCUT2D eigenvalue weighted by molar-refractivity contribution is 5.96. The lowest BCUT2D eigenvalue weighted by Crippen LogP contribution is -2.49. The van der Waals surface area contributed by atoms with E-state index in [1.54, 1.807) is 0 Å². The van der Waals surface area contributed by atoms with Crippen LogP contribution in [0, 0.1) is 11.8 Å². The summed E-state index contributed by atoms with van der Waals surface area (Å²) in [5.41, 5.74) is 3.45. The zero-order valence-electron chi connectivity index (χ0n) is 19.8. The Hall–Kier alpha value is -2.50. The molecule has 6 heteroatoms. The maximum atomic E-state index is 13.4. The van der Waals surface area contributed by atoms with E-state index in [1.165, 1.54) is 43.1 Å². The van der Waals surface area contributed by atoms with Crippen LogP contribution in [0.15, 0.2) is 24.4 Å². The molecule has 5 rings (SSSR count). The normalized spacial score (nSPS) is 25.1. The number of amides is 1. The van der Waals surface area contributed by atoms with Gasteiger partial charge < -0.3 is 19.9 Å². The molecule has 0 bridgehead atoms. The molecule has 3 atom stereocenters. The second-order valence-corrected chi connectivity index (χ2v) is 10.5. The molecular formula is C27H37N3O3. The summed E-state index contributed by atoms with van der Waals surface area (Å²) in [6, 6.07) is 6.76. The van der Waals surface area contributed by atoms with Gasteiger partial charge in [-0.2, -0.15) is 0 Å². The van der Waals surface area contributed by atoms with Crippen LogP contribution in [0.5, 0.6) is 0 Å². The van der Waals surface area contributed by atoms with Crippen LogP contribution in [-0.2, 0) is 9.59 Å². The monoisotopic (exact) mass is 451 g/mol. The van der Waals surface area contributed by atoms with Crippen molar-refractivity contribution in [2.24, 2.45) is 11.8 Å². The minimum Gasteiger partial charge on any atom is -0.481 e. The second-order valence-electron chi connectivity index (χ2n) is 10.5. The van der Waals surface area contributed by atoms with Crippen molar-refractivity contribution in [3.8, 4) is 0 Å². The SMILES string of the molecule is CC(CC(=O)N1CCCC2CCCCC21)c1c[nH]c2cccc(N3CCC(C(=O)O)CC3)c12. The standard InChI is InChI=1S/C27H37N3O3/c1-18(16-25(31)30-13-5-7-19-6-2-3-9-23(19)30)21-17-28-22-8-4-10-24(26(21)22)29-14-11-20(12-15-29)27(32)33/h4,8,10,17-20,23,28H,2-3,5-7,9,11-16H2,1H3,(H,32,33). The number of hydrogen-bond donors (Lipinski definition) is 2. The van der Waals surface area contributed by atoms with E-state index < -0.39 is 5.97 Å². The molecule has 178 valence electrons. The Morgan fingerprint density at radius 2 is 1.82 bits per heavy atom. The summed E-state index contributed by atoms with van der Waals surface area (Å²) in [7, 11) is 0. The van der Waals surface area contributed by atoms with Crippen molar-refractivity contribution in [3.63, 3.8) is 0 Å². The third-order valence-corrected chi connectivity index (χ3v) is 8.47. The number of nitrogens with zero attached hydrogens (tertiary/aromatic N) is 2. The predicted molar refractivity (Wildman–Crippen MR) is 131 cm³/mol. The van der Waals surface area contributed by atoms with Crippen LogP contribution < -0.4 is 4.90 Å². The molecule has 3 fully saturated rings. The van der Waals surface area contributed by atoms with Gasteiger partial charge in [-0.05, 0) is 68.1 Å². The van der Waals surface area contributed by atoms with Crippen LogP contribution in [0.25, 0.3) is 10.9 Å². The molecular weight excluding hydrogens is 414 g/mol. The average molecular weight is 452 g/mol. The highest BCUT2D eigenvalue weighted by Crippen LogP contribution is 2.39. The molecule has 3 unspecified atom stereocenters. The first-order chi connectivity index (χ1) is 16.0. The summed E-state index contributed by atoms with van der Waals surface area (Å²) in [6.07, 6.45) is 11.4. The summed E-state index contributed by atoms with van der Waals surface area (Å²) in [5, 5.41) is 10.6. The maximum absolute atomic E-state index is 13.4. The van der Waals surface area contributed by atoms with Gasteiger partial charge in [-0.15, -0.1) is 0 Å². The van der Waals surface area contributed by atoms with Gasteiger partial charge in [0.25, 0.3) is 0 Å². The molecule has 1 aromatic carbocycles. The van der Waals surface area contributed by atoms with Gasteiger partial charge in [-0.3, -0.25) is 9.59 Å². The van der Waals surface area contributed by atoms with E-state index in [0.29, 0.717) is 37.1 Å². The Labute approximate surface area is 196 Å². The van der Waals surface area contributed by atoms with E-state index in [1.807, 2.05) is 0 Å². The Morgan fingerprint density at radius 1 is 1.06 bits per heavy atom. The number of piperidine rings is 2. The van der Waals surface area contributed by atoms with Crippen LogP contribution >= 0.6 is 0 Å². The second kappa shape index (κ2) is 9.40. The molecule has 2 aliphatic heterocycles. The van der Waals surface area contributed by atoms with Crippen molar-refractivity contribution >= 4 is 28.5 Å². The highest BCUT2D eigenvalue weighted by atomic mass is 16.4. The van der Waals surface area contributed by atoms with Crippen molar-refractivity contribution in [3.05, 3.63) is 30.0 Å². The zero-order chi connectivity index (χ0) is 22.9. The number of H-pyrrole nitrogens is 1. The molecule has 1 amide bonds. The lowest BCUT2D eigenvalue weighted by molar-refractivity contribution is -0.142. The molecule has 3 heterocycles. The van der Waals surface area contributed by atoms with Gasteiger partial charge in [0.2, 0.25) is 5.91 Å². The number of carboxylic acid groups (broad SMARTS) is 1. The van der Waals surface area contributed by atoms with E-state index in [9.17, 15) is 14.7 Å². The van der Waals surface area contributed by atoms with Crippen molar-refractivity contribution in [1.82, 2.24) is 9.88 Å². The third kappa shape index (κ3) is 4.36. The molecule has 2 aromatic rings. The number of carbonyl (C=O) groups excluding carboxylic acids is 1. The Balaban J connectivity index is 1.34. The fourth-order valence-corrected chi connectivity index (χ4v) is 6.63. The molecule has 3 aliphatic rings. The topological polar surface area (TPSA) is 76.6 Å². The molecule has 1 aliphatic carbocycles. The van der Waals surface area contributed by atoms with Gasteiger partial charge in [0.05, 0.1) is 5.92 Å². The summed E-state index contributed by atoms with van der Waals surface area (Å²) < 4.78 is 0. The summed E-state index contributed by atoms with van der Waals surface area (Å²) >= 11 is 0. The fourth-order valence-electron chi connectivity index (χ4n) is 6.63. The smallest absolute Gasteiger partial charge is 0.306 e. The number of carbonyl (C=O) groups is 2. The molecule has 0 spiro atoms. The van der Waals surface area contributed by atoms with Gasteiger partial charge in [0, 0.05) is 54.9 Å². The van der Waals surface area contributed by atoms with Crippen LogP contribution in [0.4, 0.5) is 5.69 Å². The molecule has 2 N–H and O–H groups in total. The first kappa shape index (κ1) is 22.3. The van der Waals surface area contributed by atoms with Crippen molar-refractivity contribution in [2.75, 3.05) is 24.5 Å². The number of aromatic amines is 1. The van der Waals surface area contributed by atoms with Gasteiger partial charge >= 0.3 is 5.97 Å². The van der Waals surface area contributed by atoms with Gasteiger partial charge in [0.15, 0.2) is 0 Å². The van der Waals surface area contributed by atoms with Gasteiger partial charge in [-0.25, -0.2) is 0 Å². The molecule has 2 saturated heterocycles.